The number of nitrogens with one attached hydrogen (secondary N) is 1. The molecule has 0 heterocycles. The average molecular weight is 210 g/mol. The SMILES string of the molecule is CCCSCC(NN)c1ccccc1. The summed E-state index contributed by atoms with van der Waals surface area (Å²) < 4.78 is 0. The van der Waals surface area contributed by atoms with E-state index in [4.69, 9.17) is 5.84 Å². The van der Waals surface area contributed by atoms with E-state index >= 15 is 0 Å². The molecule has 0 amide bonds. The maximum atomic E-state index is 5.52. The second-order valence-corrected chi connectivity index (χ2v) is 4.35. The Hall–Kier alpha value is -0.510. The van der Waals surface area contributed by atoms with Gasteiger partial charge in [0, 0.05) is 5.75 Å². The number of thioether (sulfide) groups is 1. The molecule has 0 aliphatic heterocycles. The zero-order chi connectivity index (χ0) is 10.2. The molecule has 78 valence electrons. The molecule has 0 spiro atoms. The summed E-state index contributed by atoms with van der Waals surface area (Å²) in [6.45, 7) is 2.19. The van der Waals surface area contributed by atoms with Gasteiger partial charge in [-0.3, -0.25) is 11.3 Å². The highest BCUT2D eigenvalue weighted by Gasteiger charge is 2.07. The van der Waals surface area contributed by atoms with Crippen molar-refractivity contribution in [1.29, 1.82) is 0 Å². The van der Waals surface area contributed by atoms with Crippen molar-refractivity contribution >= 4 is 11.8 Å². The summed E-state index contributed by atoms with van der Waals surface area (Å²) in [5, 5.41) is 0. The van der Waals surface area contributed by atoms with Crippen LogP contribution in [0.5, 0.6) is 0 Å². The molecule has 3 N–H and O–H groups in total. The molecule has 0 saturated carbocycles. The van der Waals surface area contributed by atoms with Gasteiger partial charge in [0.25, 0.3) is 0 Å². The maximum absolute atomic E-state index is 5.52. The quantitative estimate of drug-likeness (QED) is 0.430. The van der Waals surface area contributed by atoms with Crippen LogP contribution in [0.4, 0.5) is 0 Å². The molecule has 0 saturated heterocycles. The number of hydrogen-bond acceptors (Lipinski definition) is 3. The average Bonchev–Trinajstić information content (AvgIpc) is 2.26. The van der Waals surface area contributed by atoms with Gasteiger partial charge < -0.3 is 0 Å². The van der Waals surface area contributed by atoms with Crippen molar-refractivity contribution in [2.24, 2.45) is 5.84 Å². The van der Waals surface area contributed by atoms with Crippen molar-refractivity contribution < 1.29 is 0 Å². The van der Waals surface area contributed by atoms with E-state index in [0.29, 0.717) is 0 Å². The predicted octanol–water partition coefficient (Wildman–Crippen LogP) is 2.33. The summed E-state index contributed by atoms with van der Waals surface area (Å²) in [4.78, 5) is 0. The minimum Gasteiger partial charge on any atom is -0.271 e. The maximum Gasteiger partial charge on any atom is 0.0550 e. The third-order valence-corrected chi connectivity index (χ3v) is 3.30. The lowest BCUT2D eigenvalue weighted by atomic mass is 10.1. The van der Waals surface area contributed by atoms with Gasteiger partial charge in [0.15, 0.2) is 0 Å². The second-order valence-electron chi connectivity index (χ2n) is 3.20. The van der Waals surface area contributed by atoms with Gasteiger partial charge in [0.05, 0.1) is 6.04 Å². The van der Waals surface area contributed by atoms with Crippen LogP contribution in [-0.2, 0) is 0 Å². The van der Waals surface area contributed by atoms with Gasteiger partial charge in [-0.15, -0.1) is 0 Å². The minimum absolute atomic E-state index is 0.271. The van der Waals surface area contributed by atoms with Crippen LogP contribution < -0.4 is 11.3 Å². The summed E-state index contributed by atoms with van der Waals surface area (Å²) in [7, 11) is 0. The molecule has 14 heavy (non-hydrogen) atoms. The summed E-state index contributed by atoms with van der Waals surface area (Å²) in [6.07, 6.45) is 1.22. The second kappa shape index (κ2) is 6.87. The largest absolute Gasteiger partial charge is 0.271 e. The van der Waals surface area contributed by atoms with Crippen molar-refractivity contribution in [2.75, 3.05) is 11.5 Å². The van der Waals surface area contributed by atoms with Crippen LogP contribution >= 0.6 is 11.8 Å². The van der Waals surface area contributed by atoms with Crippen molar-refractivity contribution in [2.45, 2.75) is 19.4 Å². The first-order chi connectivity index (χ1) is 6.88. The zero-order valence-electron chi connectivity index (χ0n) is 8.57. The van der Waals surface area contributed by atoms with Crippen LogP contribution in [0.3, 0.4) is 0 Å². The van der Waals surface area contributed by atoms with Crippen molar-refractivity contribution in [3.63, 3.8) is 0 Å². The molecule has 0 bridgehead atoms. The van der Waals surface area contributed by atoms with Crippen LogP contribution in [-0.4, -0.2) is 11.5 Å². The van der Waals surface area contributed by atoms with Crippen LogP contribution in [0.1, 0.15) is 24.9 Å². The number of nitrogens with two attached hydrogens (primary N) is 1. The fraction of sp³-hybridized carbons (Fsp3) is 0.455. The molecule has 1 atom stereocenters. The van der Waals surface area contributed by atoms with E-state index in [9.17, 15) is 0 Å². The Bertz CT molecular complexity index is 238. The van der Waals surface area contributed by atoms with E-state index in [1.807, 2.05) is 30.0 Å². The van der Waals surface area contributed by atoms with Crippen LogP contribution in [0.25, 0.3) is 0 Å². The highest BCUT2D eigenvalue weighted by Crippen LogP contribution is 2.17. The van der Waals surface area contributed by atoms with Crippen LogP contribution in [0.2, 0.25) is 0 Å². The van der Waals surface area contributed by atoms with Gasteiger partial charge in [-0.1, -0.05) is 37.3 Å². The Morgan fingerprint density at radius 3 is 2.64 bits per heavy atom. The molecule has 3 heteroatoms. The fourth-order valence-corrected chi connectivity index (χ4v) is 2.25. The molecule has 0 fully saturated rings. The zero-order valence-corrected chi connectivity index (χ0v) is 9.39. The number of benzene rings is 1. The predicted molar refractivity (Wildman–Crippen MR) is 64.1 cm³/mol. The standard InChI is InChI=1S/C11H18N2S/c1-2-8-14-9-11(13-12)10-6-4-3-5-7-10/h3-7,11,13H,2,8-9,12H2,1H3. The lowest BCUT2D eigenvalue weighted by Gasteiger charge is -2.15. The summed E-state index contributed by atoms with van der Waals surface area (Å²) in [5.74, 6) is 7.76. The molecular weight excluding hydrogens is 192 g/mol. The molecule has 0 aliphatic rings. The van der Waals surface area contributed by atoms with Crippen molar-refractivity contribution in [1.82, 2.24) is 5.43 Å². The lowest BCUT2D eigenvalue weighted by molar-refractivity contribution is 0.610. The molecule has 0 aliphatic carbocycles. The Kier molecular flexibility index (Phi) is 5.68. The van der Waals surface area contributed by atoms with Gasteiger partial charge in [-0.2, -0.15) is 11.8 Å². The highest BCUT2D eigenvalue weighted by atomic mass is 32.2. The molecule has 1 rings (SSSR count). The Morgan fingerprint density at radius 2 is 2.07 bits per heavy atom. The Morgan fingerprint density at radius 1 is 1.36 bits per heavy atom. The normalized spacial score (nSPS) is 12.7. The first kappa shape index (κ1) is 11.6. The lowest BCUT2D eigenvalue weighted by Crippen LogP contribution is -2.29. The van der Waals surface area contributed by atoms with Gasteiger partial charge in [0.1, 0.15) is 0 Å². The van der Waals surface area contributed by atoms with E-state index in [1.54, 1.807) is 0 Å². The third-order valence-electron chi connectivity index (χ3n) is 2.04. The molecule has 0 aromatic heterocycles. The topological polar surface area (TPSA) is 38.0 Å². The van der Waals surface area contributed by atoms with Crippen LogP contribution in [0, 0.1) is 0 Å². The molecule has 1 aromatic carbocycles. The summed E-state index contributed by atoms with van der Waals surface area (Å²) in [5.41, 5.74) is 4.12. The first-order valence-corrected chi connectivity index (χ1v) is 6.12. The number of hydrogen-bond donors (Lipinski definition) is 2. The van der Waals surface area contributed by atoms with E-state index < -0.39 is 0 Å². The van der Waals surface area contributed by atoms with Gasteiger partial charge in [-0.25, -0.2) is 0 Å². The number of rotatable bonds is 6. The molecule has 2 nitrogen and oxygen atoms in total. The molecular formula is C11H18N2S. The van der Waals surface area contributed by atoms with E-state index in [0.717, 1.165) is 5.75 Å². The van der Waals surface area contributed by atoms with Crippen LogP contribution in [0.15, 0.2) is 30.3 Å². The molecule has 1 aromatic rings. The van der Waals surface area contributed by atoms with Gasteiger partial charge in [0.2, 0.25) is 0 Å². The molecule has 0 radical (unpaired) electrons. The summed E-state index contributed by atoms with van der Waals surface area (Å²) >= 11 is 1.94. The van der Waals surface area contributed by atoms with Gasteiger partial charge >= 0.3 is 0 Å². The van der Waals surface area contributed by atoms with E-state index in [2.05, 4.69) is 24.5 Å². The fourth-order valence-electron chi connectivity index (χ4n) is 1.27. The Balaban J connectivity index is 2.46. The van der Waals surface area contributed by atoms with Crippen molar-refractivity contribution in [3.8, 4) is 0 Å². The highest BCUT2D eigenvalue weighted by molar-refractivity contribution is 7.99. The monoisotopic (exact) mass is 210 g/mol. The first-order valence-electron chi connectivity index (χ1n) is 4.97. The smallest absolute Gasteiger partial charge is 0.0550 e. The number of hydrazine groups is 1. The van der Waals surface area contributed by atoms with E-state index in [-0.39, 0.29) is 6.04 Å². The van der Waals surface area contributed by atoms with E-state index in [1.165, 1.54) is 17.7 Å². The Labute approximate surface area is 90.2 Å². The third kappa shape index (κ3) is 3.70. The minimum atomic E-state index is 0.271. The van der Waals surface area contributed by atoms with Crippen molar-refractivity contribution in [3.05, 3.63) is 35.9 Å². The summed E-state index contributed by atoms with van der Waals surface area (Å²) in [6, 6.07) is 10.6. The molecule has 1 unspecified atom stereocenters. The van der Waals surface area contributed by atoms with Gasteiger partial charge in [-0.05, 0) is 17.7 Å².